The Morgan fingerprint density at radius 1 is 1.04 bits per heavy atom. The third kappa shape index (κ3) is 4.75. The Kier molecular flexibility index (Phi) is 6.76. The highest BCUT2D eigenvalue weighted by atomic mass is 32.2. The Morgan fingerprint density at radius 2 is 1.54 bits per heavy atom. The number of hydrogen-bond acceptors (Lipinski definition) is 5. The number of rotatable bonds is 5. The van der Waals surface area contributed by atoms with Crippen LogP contribution in [0.3, 0.4) is 0 Å². The normalized spacial score (nSPS) is 16.3. The minimum Gasteiger partial charge on any atom is -0.355 e. The number of nitriles is 1. The van der Waals surface area contributed by atoms with Gasteiger partial charge in [-0.3, -0.25) is 0 Å². The monoisotopic (exact) mass is 430 g/mol. The van der Waals surface area contributed by atoms with Crippen molar-refractivity contribution in [2.45, 2.75) is 11.8 Å². The Labute approximate surface area is 176 Å². The fourth-order valence-corrected chi connectivity index (χ4v) is 5.95. The van der Waals surface area contributed by atoms with Crippen LogP contribution in [0, 0.1) is 11.3 Å². The van der Waals surface area contributed by atoms with Crippen molar-refractivity contribution in [3.05, 3.63) is 71.8 Å². The average molecular weight is 431 g/mol. The van der Waals surface area contributed by atoms with E-state index in [2.05, 4.69) is 6.07 Å². The maximum atomic E-state index is 11.6. The molecule has 0 aromatic heterocycles. The highest BCUT2D eigenvalue weighted by Gasteiger charge is 2.34. The molecule has 1 heterocycles. The van der Waals surface area contributed by atoms with Crippen LogP contribution in [0.15, 0.2) is 60.7 Å². The van der Waals surface area contributed by atoms with E-state index in [0.29, 0.717) is 29.6 Å². The fourth-order valence-electron chi connectivity index (χ4n) is 3.36. The Hall–Kier alpha value is -1.88. The lowest BCUT2D eigenvalue weighted by atomic mass is 9.74. The summed E-state index contributed by atoms with van der Waals surface area (Å²) in [5, 5.41) is 10.2. The van der Waals surface area contributed by atoms with Crippen LogP contribution in [0.4, 0.5) is 0 Å². The SMILES string of the molecule is N#CC(CCSC(=S)N1CCS(=O)(=O)CC1)(c1ccccc1)c1ccccc1. The van der Waals surface area contributed by atoms with Crippen LogP contribution in [-0.4, -0.2) is 48.0 Å². The summed E-state index contributed by atoms with van der Waals surface area (Å²) < 4.78 is 23.9. The first-order valence-corrected chi connectivity index (χ1v) is 12.3. The van der Waals surface area contributed by atoms with E-state index in [-0.39, 0.29) is 11.5 Å². The van der Waals surface area contributed by atoms with Crippen LogP contribution >= 0.6 is 24.0 Å². The second-order valence-electron chi connectivity index (χ2n) is 6.75. The summed E-state index contributed by atoms with van der Waals surface area (Å²) in [5.74, 6) is 0.993. The van der Waals surface area contributed by atoms with E-state index in [1.165, 1.54) is 11.8 Å². The molecule has 2 aromatic rings. The van der Waals surface area contributed by atoms with E-state index < -0.39 is 15.3 Å². The molecule has 1 fully saturated rings. The fraction of sp³-hybridized carbons (Fsp3) is 0.333. The van der Waals surface area contributed by atoms with Gasteiger partial charge in [-0.25, -0.2) is 8.42 Å². The van der Waals surface area contributed by atoms with Gasteiger partial charge in [-0.05, 0) is 17.5 Å². The molecular formula is C21H22N2O2S3. The molecule has 7 heteroatoms. The Bertz CT molecular complexity index is 901. The van der Waals surface area contributed by atoms with Gasteiger partial charge < -0.3 is 4.90 Å². The largest absolute Gasteiger partial charge is 0.355 e. The molecule has 1 saturated heterocycles. The van der Waals surface area contributed by atoms with E-state index >= 15 is 0 Å². The molecule has 146 valence electrons. The van der Waals surface area contributed by atoms with Crippen molar-refractivity contribution in [2.75, 3.05) is 30.3 Å². The van der Waals surface area contributed by atoms with Crippen LogP contribution in [-0.2, 0) is 15.3 Å². The molecule has 2 aromatic carbocycles. The van der Waals surface area contributed by atoms with Crippen LogP contribution < -0.4 is 0 Å². The number of hydrogen-bond donors (Lipinski definition) is 0. The van der Waals surface area contributed by atoms with Gasteiger partial charge >= 0.3 is 0 Å². The minimum absolute atomic E-state index is 0.157. The first-order chi connectivity index (χ1) is 13.5. The van der Waals surface area contributed by atoms with E-state index in [0.717, 1.165) is 11.1 Å². The molecule has 28 heavy (non-hydrogen) atoms. The van der Waals surface area contributed by atoms with Gasteiger partial charge in [-0.1, -0.05) is 84.6 Å². The predicted octanol–water partition coefficient (Wildman–Crippen LogP) is 3.63. The molecule has 3 rings (SSSR count). The molecule has 0 radical (unpaired) electrons. The van der Waals surface area contributed by atoms with Crippen molar-refractivity contribution in [1.82, 2.24) is 4.90 Å². The Balaban J connectivity index is 1.73. The molecule has 0 saturated carbocycles. The van der Waals surface area contributed by atoms with Crippen molar-refractivity contribution in [1.29, 1.82) is 5.26 Å². The molecule has 0 bridgehead atoms. The van der Waals surface area contributed by atoms with Crippen molar-refractivity contribution < 1.29 is 8.42 Å². The molecule has 0 amide bonds. The van der Waals surface area contributed by atoms with Gasteiger partial charge in [0.1, 0.15) is 9.74 Å². The molecule has 0 N–H and O–H groups in total. The van der Waals surface area contributed by atoms with E-state index in [4.69, 9.17) is 12.2 Å². The third-order valence-electron chi connectivity index (χ3n) is 5.03. The molecule has 0 aliphatic carbocycles. The summed E-state index contributed by atoms with van der Waals surface area (Å²) in [5.41, 5.74) is 1.20. The Morgan fingerprint density at radius 3 is 2.00 bits per heavy atom. The third-order valence-corrected chi connectivity index (χ3v) is 8.16. The zero-order valence-electron chi connectivity index (χ0n) is 15.5. The van der Waals surface area contributed by atoms with Crippen LogP contribution in [0.5, 0.6) is 0 Å². The van der Waals surface area contributed by atoms with Crippen molar-refractivity contribution >= 4 is 38.1 Å². The standard InChI is InChI=1S/C21H22N2O2S3/c22-17-21(18-7-3-1-4-8-18,19-9-5-2-6-10-19)11-14-27-20(26)23-12-15-28(24,25)16-13-23/h1-10H,11-16H2. The van der Waals surface area contributed by atoms with Gasteiger partial charge in [0.2, 0.25) is 0 Å². The zero-order chi connectivity index (χ0) is 20.0. The van der Waals surface area contributed by atoms with Crippen LogP contribution in [0.25, 0.3) is 0 Å². The molecule has 1 aliphatic heterocycles. The summed E-state index contributed by atoms with van der Waals surface area (Å²) in [6, 6.07) is 22.3. The maximum Gasteiger partial charge on any atom is 0.153 e. The molecule has 4 nitrogen and oxygen atoms in total. The number of thioether (sulfide) groups is 1. The summed E-state index contributed by atoms with van der Waals surface area (Å²) >= 11 is 7.04. The van der Waals surface area contributed by atoms with Crippen LogP contribution in [0.2, 0.25) is 0 Å². The molecule has 0 unspecified atom stereocenters. The second-order valence-corrected chi connectivity index (χ2v) is 10.8. The van der Waals surface area contributed by atoms with Gasteiger partial charge in [0.05, 0.1) is 17.6 Å². The predicted molar refractivity (Wildman–Crippen MR) is 119 cm³/mol. The van der Waals surface area contributed by atoms with E-state index in [1.54, 1.807) is 0 Å². The quantitative estimate of drug-likeness (QED) is 0.675. The van der Waals surface area contributed by atoms with Crippen molar-refractivity contribution in [3.63, 3.8) is 0 Å². The van der Waals surface area contributed by atoms with Crippen molar-refractivity contribution in [3.8, 4) is 6.07 Å². The molecule has 0 spiro atoms. The topological polar surface area (TPSA) is 61.2 Å². The van der Waals surface area contributed by atoms with Gasteiger partial charge in [0.15, 0.2) is 9.84 Å². The summed E-state index contributed by atoms with van der Waals surface area (Å²) in [7, 11) is -2.92. The lowest BCUT2D eigenvalue weighted by molar-refractivity contribution is 0.456. The summed E-state index contributed by atoms with van der Waals surface area (Å²) in [6.07, 6.45) is 0.620. The summed E-state index contributed by atoms with van der Waals surface area (Å²) in [4.78, 5) is 1.96. The van der Waals surface area contributed by atoms with Crippen LogP contribution in [0.1, 0.15) is 17.5 Å². The summed E-state index contributed by atoms with van der Waals surface area (Å²) in [6.45, 7) is 0.907. The van der Waals surface area contributed by atoms with Crippen molar-refractivity contribution in [2.24, 2.45) is 0 Å². The number of benzene rings is 2. The van der Waals surface area contributed by atoms with Gasteiger partial charge in [-0.15, -0.1) is 0 Å². The highest BCUT2D eigenvalue weighted by Crippen LogP contribution is 2.36. The van der Waals surface area contributed by atoms with E-state index in [1.807, 2.05) is 65.6 Å². The number of nitrogens with zero attached hydrogens (tertiary/aromatic N) is 2. The lowest BCUT2D eigenvalue weighted by Gasteiger charge is -2.30. The molecule has 1 aliphatic rings. The molecule has 0 atom stereocenters. The van der Waals surface area contributed by atoms with Gasteiger partial charge in [0.25, 0.3) is 0 Å². The first-order valence-electron chi connectivity index (χ1n) is 9.11. The first kappa shape index (κ1) is 20.8. The second kappa shape index (κ2) is 9.08. The van der Waals surface area contributed by atoms with Gasteiger partial charge in [0, 0.05) is 18.8 Å². The number of thiocarbonyl (C=S) groups is 1. The minimum atomic E-state index is -2.92. The smallest absolute Gasteiger partial charge is 0.153 e. The average Bonchev–Trinajstić information content (AvgIpc) is 2.72. The van der Waals surface area contributed by atoms with E-state index in [9.17, 15) is 13.7 Å². The molecular weight excluding hydrogens is 408 g/mol. The highest BCUT2D eigenvalue weighted by molar-refractivity contribution is 8.22. The maximum absolute atomic E-state index is 11.6. The number of sulfone groups is 1. The zero-order valence-corrected chi connectivity index (χ0v) is 17.9. The lowest BCUT2D eigenvalue weighted by Crippen LogP contribution is -2.42. The van der Waals surface area contributed by atoms with Gasteiger partial charge in [-0.2, -0.15) is 5.26 Å².